The Bertz CT molecular complexity index is 1500. The van der Waals surface area contributed by atoms with Crippen molar-refractivity contribution in [3.63, 3.8) is 0 Å². The highest BCUT2D eigenvalue weighted by atomic mass is 32.2. The second-order valence-corrected chi connectivity index (χ2v) is 9.84. The summed E-state index contributed by atoms with van der Waals surface area (Å²) < 4.78 is 40.6. The van der Waals surface area contributed by atoms with Gasteiger partial charge in [-0.3, -0.25) is 9.69 Å². The monoisotopic (exact) mass is 564 g/mol. The number of anilines is 1. The van der Waals surface area contributed by atoms with Crippen molar-refractivity contribution in [2.75, 3.05) is 10.7 Å². The smallest absolute Gasteiger partial charge is 0.406 e. The summed E-state index contributed by atoms with van der Waals surface area (Å²) in [5.74, 6) is 0.670. The van der Waals surface area contributed by atoms with Gasteiger partial charge in [-0.2, -0.15) is 5.10 Å². The largest absolute Gasteiger partial charge is 0.573 e. The quantitative estimate of drug-likeness (QED) is 0.206. The number of rotatable bonds is 8. The number of para-hydroxylation sites is 1. The number of alkyl halides is 3. The van der Waals surface area contributed by atoms with Gasteiger partial charge < -0.3 is 10.5 Å². The van der Waals surface area contributed by atoms with Gasteiger partial charge in [0.05, 0.1) is 23.3 Å². The molecule has 3 aromatic carbocycles. The molecule has 0 radical (unpaired) electrons. The molecule has 204 valence electrons. The number of nitrogens with two attached hydrogens (primary N) is 1. The number of thioether (sulfide) groups is 1. The molecule has 0 unspecified atom stereocenters. The zero-order valence-corrected chi connectivity index (χ0v) is 21.8. The Morgan fingerprint density at radius 3 is 2.45 bits per heavy atom. The van der Waals surface area contributed by atoms with Gasteiger partial charge in [-0.15, -0.1) is 18.3 Å². The van der Waals surface area contributed by atoms with Crippen LogP contribution in [0.3, 0.4) is 0 Å². The van der Waals surface area contributed by atoms with Crippen LogP contribution in [0, 0.1) is 0 Å². The van der Waals surface area contributed by atoms with E-state index in [1.165, 1.54) is 35.8 Å². The first kappa shape index (κ1) is 27.1. The van der Waals surface area contributed by atoms with Crippen molar-refractivity contribution in [2.45, 2.75) is 25.1 Å². The third-order valence-electron chi connectivity index (χ3n) is 5.99. The van der Waals surface area contributed by atoms with Crippen LogP contribution in [-0.4, -0.2) is 41.6 Å². The van der Waals surface area contributed by atoms with Gasteiger partial charge in [0, 0.05) is 5.56 Å². The number of hydrogen-bond acceptors (Lipinski definition) is 6. The second kappa shape index (κ2) is 11.7. The highest BCUT2D eigenvalue weighted by molar-refractivity contribution is 8.15. The fourth-order valence-corrected chi connectivity index (χ4v) is 4.77. The number of halogens is 3. The van der Waals surface area contributed by atoms with Gasteiger partial charge in [0.2, 0.25) is 5.91 Å². The van der Waals surface area contributed by atoms with E-state index in [1.807, 2.05) is 18.2 Å². The number of nitrogens with zero attached hydrogens (tertiary/aromatic N) is 5. The molecule has 40 heavy (non-hydrogen) atoms. The Morgan fingerprint density at radius 1 is 1.02 bits per heavy atom. The van der Waals surface area contributed by atoms with Crippen LogP contribution in [0.25, 0.3) is 0 Å². The van der Waals surface area contributed by atoms with Crippen LogP contribution in [0.2, 0.25) is 0 Å². The summed E-state index contributed by atoms with van der Waals surface area (Å²) in [6.07, 6.45) is 0.317. The summed E-state index contributed by atoms with van der Waals surface area (Å²) in [4.78, 5) is 22.4. The van der Waals surface area contributed by atoms with Gasteiger partial charge in [0.25, 0.3) is 0 Å². The summed E-state index contributed by atoms with van der Waals surface area (Å²) in [6.45, 7) is 0. The predicted octanol–water partition coefficient (Wildman–Crippen LogP) is 6.00. The maximum Gasteiger partial charge on any atom is 0.573 e. The molecular weight excluding hydrogens is 541 g/mol. The molecule has 1 heterocycles. The maximum absolute atomic E-state index is 12.6. The zero-order chi connectivity index (χ0) is 28.1. The predicted molar refractivity (Wildman–Crippen MR) is 152 cm³/mol. The van der Waals surface area contributed by atoms with Gasteiger partial charge in [-0.05, 0) is 60.2 Å². The van der Waals surface area contributed by atoms with Crippen molar-refractivity contribution < 1.29 is 22.7 Å². The lowest BCUT2D eigenvalue weighted by molar-refractivity contribution is -0.274. The Kier molecular flexibility index (Phi) is 7.96. The van der Waals surface area contributed by atoms with E-state index in [-0.39, 0.29) is 17.5 Å². The first-order valence-electron chi connectivity index (χ1n) is 12.2. The molecule has 1 amide bonds. The maximum atomic E-state index is 12.6. The van der Waals surface area contributed by atoms with E-state index in [2.05, 4.69) is 31.0 Å². The molecule has 2 fully saturated rings. The molecule has 0 aromatic heterocycles. The zero-order valence-electron chi connectivity index (χ0n) is 21.0. The molecular formula is C28H23F3N6O2S. The van der Waals surface area contributed by atoms with Crippen molar-refractivity contribution in [1.29, 1.82) is 0 Å². The van der Waals surface area contributed by atoms with Crippen LogP contribution in [0.1, 0.15) is 35.4 Å². The van der Waals surface area contributed by atoms with Crippen LogP contribution >= 0.6 is 11.8 Å². The van der Waals surface area contributed by atoms with E-state index >= 15 is 0 Å². The minimum atomic E-state index is -4.75. The third kappa shape index (κ3) is 6.94. The molecule has 2 aliphatic rings. The Hall–Kier alpha value is -4.45. The molecule has 5 rings (SSSR count). The highest BCUT2D eigenvalue weighted by Crippen LogP contribution is 2.45. The van der Waals surface area contributed by atoms with E-state index in [4.69, 9.17) is 5.73 Å². The van der Waals surface area contributed by atoms with Crippen LogP contribution in [-0.2, 0) is 4.79 Å². The van der Waals surface area contributed by atoms with Gasteiger partial charge in [0.1, 0.15) is 17.9 Å². The van der Waals surface area contributed by atoms with E-state index in [9.17, 15) is 18.0 Å². The number of hydrogen-bond donors (Lipinski definition) is 1. The number of amidine groups is 2. The van der Waals surface area contributed by atoms with Crippen LogP contribution < -0.4 is 15.4 Å². The minimum absolute atomic E-state index is 0.0119. The van der Waals surface area contributed by atoms with E-state index in [0.29, 0.717) is 28.1 Å². The molecule has 0 bridgehead atoms. The van der Waals surface area contributed by atoms with E-state index in [0.717, 1.165) is 36.2 Å². The van der Waals surface area contributed by atoms with Gasteiger partial charge in [-0.1, -0.05) is 54.2 Å². The summed E-state index contributed by atoms with van der Waals surface area (Å²) >= 11 is 1.36. The Labute approximate surface area is 232 Å². The first-order chi connectivity index (χ1) is 19.3. The molecule has 12 heteroatoms. The lowest BCUT2D eigenvalue weighted by Gasteiger charge is -2.19. The number of benzene rings is 3. The van der Waals surface area contributed by atoms with Crippen LogP contribution in [0.4, 0.5) is 24.5 Å². The molecule has 1 saturated heterocycles. The lowest BCUT2D eigenvalue weighted by Crippen LogP contribution is -2.30. The van der Waals surface area contributed by atoms with Crippen molar-refractivity contribution in [3.8, 4) is 5.75 Å². The topological polar surface area (TPSA) is 105 Å². The molecule has 1 aliphatic heterocycles. The van der Waals surface area contributed by atoms with Crippen LogP contribution in [0.5, 0.6) is 5.75 Å². The second-order valence-electron chi connectivity index (χ2n) is 8.90. The van der Waals surface area contributed by atoms with Crippen LogP contribution in [0.15, 0.2) is 93.0 Å². The average Bonchev–Trinajstić information content (AvgIpc) is 3.72. The third-order valence-corrected chi connectivity index (χ3v) is 6.90. The summed E-state index contributed by atoms with van der Waals surface area (Å²) in [7, 11) is 0. The number of carbonyl (C=O) groups is 1. The lowest BCUT2D eigenvalue weighted by atomic mass is 10.1. The fourth-order valence-electron chi connectivity index (χ4n) is 3.95. The van der Waals surface area contributed by atoms with Gasteiger partial charge in [0.15, 0.2) is 5.17 Å². The SMILES string of the molecule is NC(=NC=Nc1ccc(OC(F)(F)F)cc1)c1ccc(/C=N\N=C2\SCC(=O)N2c2ccccc2C2CC2)cc1. The summed E-state index contributed by atoms with van der Waals surface area (Å²) in [5.41, 5.74) is 9.87. The fraction of sp³-hybridized carbons (Fsp3) is 0.179. The highest BCUT2D eigenvalue weighted by Gasteiger charge is 2.35. The summed E-state index contributed by atoms with van der Waals surface area (Å²) in [6, 6.07) is 20.1. The normalized spacial score (nSPS) is 17.5. The molecule has 1 saturated carbocycles. The molecule has 8 nitrogen and oxygen atoms in total. The van der Waals surface area contributed by atoms with Crippen molar-refractivity contribution in [3.05, 3.63) is 89.5 Å². The molecule has 0 spiro atoms. The van der Waals surface area contributed by atoms with Crippen molar-refractivity contribution >= 4 is 52.6 Å². The van der Waals surface area contributed by atoms with E-state index < -0.39 is 6.36 Å². The molecule has 2 N–H and O–H groups in total. The number of aliphatic imine (C=N–C) groups is 2. The van der Waals surface area contributed by atoms with Gasteiger partial charge >= 0.3 is 6.36 Å². The van der Waals surface area contributed by atoms with Gasteiger partial charge in [-0.25, -0.2) is 9.98 Å². The Morgan fingerprint density at radius 2 is 1.75 bits per heavy atom. The number of carbonyl (C=O) groups excluding carboxylic acids is 1. The molecule has 0 atom stereocenters. The number of amides is 1. The summed E-state index contributed by atoms with van der Waals surface area (Å²) in [5, 5.41) is 9.07. The number of ether oxygens (including phenoxy) is 1. The van der Waals surface area contributed by atoms with Crippen molar-refractivity contribution in [2.24, 2.45) is 25.9 Å². The Balaban J connectivity index is 1.21. The average molecular weight is 565 g/mol. The van der Waals surface area contributed by atoms with Crippen molar-refractivity contribution in [1.82, 2.24) is 0 Å². The van der Waals surface area contributed by atoms with E-state index in [1.54, 1.807) is 35.4 Å². The minimum Gasteiger partial charge on any atom is -0.406 e. The first-order valence-corrected chi connectivity index (χ1v) is 13.2. The molecule has 1 aliphatic carbocycles. The standard InChI is InChI=1S/C28H23F3N6O2S/c29-28(30,31)39-22-13-11-21(12-14-22)33-17-34-26(32)20-7-5-18(6-8-20)15-35-36-27-37(25(38)16-40-27)24-4-2-1-3-23(24)19-9-10-19/h1-8,11-15,17,19H,9-10,16H2,(H2,32,33,34)/b35-15-,36-27+. The molecule has 3 aromatic rings.